The lowest BCUT2D eigenvalue weighted by molar-refractivity contribution is -0.137. The second kappa shape index (κ2) is 7.92. The summed E-state index contributed by atoms with van der Waals surface area (Å²) >= 11 is 6.16. The van der Waals surface area contributed by atoms with Crippen molar-refractivity contribution in [1.29, 1.82) is 0 Å². The minimum Gasteiger partial charge on any atom is -0.479 e. The van der Waals surface area contributed by atoms with Crippen LogP contribution in [0.15, 0.2) is 42.5 Å². The normalized spacial score (nSPS) is 12.0. The monoisotopic (exact) mass is 383 g/mol. The largest absolute Gasteiger partial charge is 0.479 e. The van der Waals surface area contributed by atoms with Gasteiger partial charge in [0.15, 0.2) is 6.10 Å². The van der Waals surface area contributed by atoms with Crippen molar-refractivity contribution in [3.8, 4) is 5.75 Å². The number of para-hydroxylation sites is 1. The van der Waals surface area contributed by atoms with Gasteiger partial charge in [0.05, 0.1) is 17.1 Å². The average Bonchev–Trinajstić information content (AvgIpc) is 2.64. The third-order valence-corrected chi connectivity index (χ3v) is 4.65. The van der Waals surface area contributed by atoms with E-state index in [0.717, 1.165) is 22.2 Å². The van der Waals surface area contributed by atoms with E-state index in [1.165, 1.54) is 0 Å². The SMILES string of the molecule is Cc1ccc(Cl)c(OC(C)C(=O)N(C)Cc2nc(C)c3ccccc3n2)c1. The van der Waals surface area contributed by atoms with Crippen molar-refractivity contribution >= 4 is 28.4 Å². The Hall–Kier alpha value is -2.66. The minimum absolute atomic E-state index is 0.165. The molecule has 6 heteroatoms. The van der Waals surface area contributed by atoms with Crippen LogP contribution in [-0.4, -0.2) is 33.9 Å². The van der Waals surface area contributed by atoms with Crippen molar-refractivity contribution in [3.63, 3.8) is 0 Å². The Morgan fingerprint density at radius 2 is 1.93 bits per heavy atom. The number of aryl methyl sites for hydroxylation is 2. The Balaban J connectivity index is 1.72. The lowest BCUT2D eigenvalue weighted by Gasteiger charge is -2.22. The number of halogens is 1. The summed E-state index contributed by atoms with van der Waals surface area (Å²) in [6, 6.07) is 13.3. The first-order valence-electron chi connectivity index (χ1n) is 8.75. The molecular weight excluding hydrogens is 362 g/mol. The second-order valence-corrected chi connectivity index (χ2v) is 7.04. The first-order chi connectivity index (χ1) is 12.8. The zero-order chi connectivity index (χ0) is 19.6. The van der Waals surface area contributed by atoms with Crippen molar-refractivity contribution < 1.29 is 9.53 Å². The van der Waals surface area contributed by atoms with Crippen LogP contribution in [0.1, 0.15) is 24.0 Å². The van der Waals surface area contributed by atoms with E-state index in [0.29, 0.717) is 23.1 Å². The number of fused-ring (bicyclic) bond motifs is 1. The molecule has 0 fully saturated rings. The van der Waals surface area contributed by atoms with E-state index in [1.54, 1.807) is 24.9 Å². The van der Waals surface area contributed by atoms with Gasteiger partial charge in [0, 0.05) is 18.1 Å². The van der Waals surface area contributed by atoms with Crippen molar-refractivity contribution in [2.45, 2.75) is 33.4 Å². The van der Waals surface area contributed by atoms with E-state index < -0.39 is 6.10 Å². The van der Waals surface area contributed by atoms with Gasteiger partial charge in [-0.05, 0) is 44.5 Å². The highest BCUT2D eigenvalue weighted by atomic mass is 35.5. The molecule has 0 bridgehead atoms. The molecule has 0 saturated carbocycles. The van der Waals surface area contributed by atoms with Gasteiger partial charge in [-0.25, -0.2) is 9.97 Å². The summed E-state index contributed by atoms with van der Waals surface area (Å²) in [5, 5.41) is 1.50. The number of carbonyl (C=O) groups is 1. The standard InChI is InChI=1S/C21H22ClN3O2/c1-13-9-10-17(22)19(11-13)27-15(3)21(26)25(4)12-20-23-14(2)16-7-5-6-8-18(16)24-20/h5-11,15H,12H2,1-4H3. The van der Waals surface area contributed by atoms with Gasteiger partial charge in [0.1, 0.15) is 11.6 Å². The number of benzene rings is 2. The van der Waals surface area contributed by atoms with Crippen LogP contribution in [0.4, 0.5) is 0 Å². The van der Waals surface area contributed by atoms with E-state index in [4.69, 9.17) is 16.3 Å². The molecule has 2 aromatic carbocycles. The van der Waals surface area contributed by atoms with Crippen molar-refractivity contribution in [2.75, 3.05) is 7.05 Å². The quantitative estimate of drug-likeness (QED) is 0.658. The number of nitrogens with zero attached hydrogens (tertiary/aromatic N) is 3. The van der Waals surface area contributed by atoms with E-state index in [-0.39, 0.29) is 5.91 Å². The first kappa shape index (κ1) is 19.1. The highest BCUT2D eigenvalue weighted by Gasteiger charge is 2.21. The number of ether oxygens (including phenoxy) is 1. The molecule has 1 aromatic heterocycles. The summed E-state index contributed by atoms with van der Waals surface area (Å²) < 4.78 is 5.78. The number of hydrogen-bond donors (Lipinski definition) is 0. The van der Waals surface area contributed by atoms with Crippen LogP contribution in [0.3, 0.4) is 0 Å². The van der Waals surface area contributed by atoms with E-state index in [9.17, 15) is 4.79 Å². The molecule has 1 amide bonds. The molecule has 140 valence electrons. The molecule has 1 atom stereocenters. The fourth-order valence-electron chi connectivity index (χ4n) is 2.91. The van der Waals surface area contributed by atoms with Crippen LogP contribution in [-0.2, 0) is 11.3 Å². The van der Waals surface area contributed by atoms with Gasteiger partial charge in [-0.1, -0.05) is 35.9 Å². The molecule has 0 spiro atoms. The smallest absolute Gasteiger partial charge is 0.263 e. The molecule has 1 unspecified atom stereocenters. The summed E-state index contributed by atoms with van der Waals surface area (Å²) in [6.45, 7) is 5.91. The van der Waals surface area contributed by atoms with Gasteiger partial charge in [-0.3, -0.25) is 4.79 Å². The Bertz CT molecular complexity index is 990. The fraction of sp³-hybridized carbons (Fsp3) is 0.286. The number of rotatable bonds is 5. The van der Waals surface area contributed by atoms with Crippen LogP contribution in [0.5, 0.6) is 5.75 Å². The zero-order valence-corrected chi connectivity index (χ0v) is 16.6. The molecule has 0 aliphatic rings. The van der Waals surface area contributed by atoms with Gasteiger partial charge >= 0.3 is 0 Å². The van der Waals surface area contributed by atoms with Gasteiger partial charge < -0.3 is 9.64 Å². The van der Waals surface area contributed by atoms with Gasteiger partial charge in [0.2, 0.25) is 0 Å². The lowest BCUT2D eigenvalue weighted by atomic mass is 10.2. The second-order valence-electron chi connectivity index (χ2n) is 6.63. The van der Waals surface area contributed by atoms with E-state index in [1.807, 2.05) is 50.2 Å². The Labute approximate surface area is 164 Å². The molecule has 0 aliphatic heterocycles. The van der Waals surface area contributed by atoms with E-state index in [2.05, 4.69) is 9.97 Å². The molecule has 0 N–H and O–H groups in total. The molecule has 0 aliphatic carbocycles. The first-order valence-corrected chi connectivity index (χ1v) is 9.13. The maximum Gasteiger partial charge on any atom is 0.263 e. The highest BCUT2D eigenvalue weighted by Crippen LogP contribution is 2.26. The number of likely N-dealkylation sites (N-methyl/N-ethyl adjacent to an activating group) is 1. The molecule has 3 aromatic rings. The summed E-state index contributed by atoms with van der Waals surface area (Å²) in [4.78, 5) is 23.4. The lowest BCUT2D eigenvalue weighted by Crippen LogP contribution is -2.38. The molecule has 0 radical (unpaired) electrons. The Morgan fingerprint density at radius 3 is 2.70 bits per heavy atom. The Morgan fingerprint density at radius 1 is 1.19 bits per heavy atom. The van der Waals surface area contributed by atoms with Crippen LogP contribution < -0.4 is 4.74 Å². The fourth-order valence-corrected chi connectivity index (χ4v) is 3.07. The maximum atomic E-state index is 12.7. The Kier molecular flexibility index (Phi) is 5.61. The molecule has 27 heavy (non-hydrogen) atoms. The molecule has 0 saturated heterocycles. The number of hydrogen-bond acceptors (Lipinski definition) is 4. The molecule has 5 nitrogen and oxygen atoms in total. The van der Waals surface area contributed by atoms with Crippen molar-refractivity contribution in [3.05, 3.63) is 64.6 Å². The highest BCUT2D eigenvalue weighted by molar-refractivity contribution is 6.32. The third-order valence-electron chi connectivity index (χ3n) is 4.33. The van der Waals surface area contributed by atoms with E-state index >= 15 is 0 Å². The summed E-state index contributed by atoms with van der Waals surface area (Å²) in [6.07, 6.45) is -0.671. The summed E-state index contributed by atoms with van der Waals surface area (Å²) in [5.41, 5.74) is 2.78. The maximum absolute atomic E-state index is 12.7. The average molecular weight is 384 g/mol. The number of carbonyl (C=O) groups excluding carboxylic acids is 1. The zero-order valence-electron chi connectivity index (χ0n) is 15.9. The van der Waals surface area contributed by atoms with Crippen LogP contribution in [0.25, 0.3) is 10.9 Å². The van der Waals surface area contributed by atoms with Crippen LogP contribution in [0, 0.1) is 13.8 Å². The summed E-state index contributed by atoms with van der Waals surface area (Å²) in [5.74, 6) is 0.938. The van der Waals surface area contributed by atoms with Gasteiger partial charge in [0.25, 0.3) is 5.91 Å². The van der Waals surface area contributed by atoms with Crippen LogP contribution >= 0.6 is 11.6 Å². The predicted molar refractivity (Wildman–Crippen MR) is 107 cm³/mol. The minimum atomic E-state index is -0.671. The predicted octanol–water partition coefficient (Wildman–Crippen LogP) is 4.33. The topological polar surface area (TPSA) is 55.3 Å². The molecular formula is C21H22ClN3O2. The van der Waals surface area contributed by atoms with Crippen molar-refractivity contribution in [1.82, 2.24) is 14.9 Å². The third kappa shape index (κ3) is 4.37. The number of amides is 1. The summed E-state index contributed by atoms with van der Waals surface area (Å²) in [7, 11) is 1.72. The number of aromatic nitrogens is 2. The van der Waals surface area contributed by atoms with Crippen molar-refractivity contribution in [2.24, 2.45) is 0 Å². The molecule has 1 heterocycles. The van der Waals surface area contributed by atoms with Crippen LogP contribution in [0.2, 0.25) is 5.02 Å². The molecule has 3 rings (SSSR count). The van der Waals surface area contributed by atoms with Gasteiger partial charge in [-0.2, -0.15) is 0 Å². The van der Waals surface area contributed by atoms with Gasteiger partial charge in [-0.15, -0.1) is 0 Å².